The van der Waals surface area contributed by atoms with E-state index in [0.29, 0.717) is 17.2 Å². The fourth-order valence-corrected chi connectivity index (χ4v) is 2.65. The van der Waals surface area contributed by atoms with Crippen LogP contribution < -0.4 is 14.8 Å². The predicted octanol–water partition coefficient (Wildman–Crippen LogP) is 2.34. The summed E-state index contributed by atoms with van der Waals surface area (Å²) in [5.74, 6) is 1.32. The van der Waals surface area contributed by atoms with Crippen LogP contribution >= 0.6 is 0 Å². The van der Waals surface area contributed by atoms with Crippen molar-refractivity contribution in [2.24, 2.45) is 0 Å². The van der Waals surface area contributed by atoms with E-state index in [4.69, 9.17) is 9.47 Å². The van der Waals surface area contributed by atoms with Gasteiger partial charge in [0.2, 0.25) is 0 Å². The molecule has 0 bridgehead atoms. The highest BCUT2D eigenvalue weighted by Gasteiger charge is 2.47. The summed E-state index contributed by atoms with van der Waals surface area (Å²) in [4.78, 5) is 12.2. The Labute approximate surface area is 99.9 Å². The average molecular weight is 233 g/mol. The third kappa shape index (κ3) is 1.47. The second-order valence-electron chi connectivity index (χ2n) is 4.59. The zero-order valence-electron chi connectivity index (χ0n) is 9.79. The molecular weight excluding hydrogens is 218 g/mol. The fraction of sp³-hybridized carbons (Fsp3) is 0.462. The van der Waals surface area contributed by atoms with Gasteiger partial charge in [-0.3, -0.25) is 4.79 Å². The molecule has 1 N–H and O–H groups in total. The summed E-state index contributed by atoms with van der Waals surface area (Å²) in [6, 6.07) is 5.56. The van der Waals surface area contributed by atoms with Gasteiger partial charge < -0.3 is 14.8 Å². The van der Waals surface area contributed by atoms with Gasteiger partial charge in [0.15, 0.2) is 5.60 Å². The molecule has 1 aromatic rings. The summed E-state index contributed by atoms with van der Waals surface area (Å²) in [7, 11) is 1.59. The summed E-state index contributed by atoms with van der Waals surface area (Å²) < 4.78 is 11.2. The lowest BCUT2D eigenvalue weighted by molar-refractivity contribution is -0.132. The quantitative estimate of drug-likeness (QED) is 0.809. The van der Waals surface area contributed by atoms with Crippen LogP contribution in [-0.2, 0) is 4.79 Å². The number of carbonyl (C=O) groups excluding carboxylic acids is 1. The smallest absolute Gasteiger partial charge is 0.268 e. The lowest BCUT2D eigenvalue weighted by Crippen LogP contribution is -2.48. The van der Waals surface area contributed by atoms with Gasteiger partial charge in [-0.15, -0.1) is 0 Å². The molecule has 4 heteroatoms. The fourth-order valence-electron chi connectivity index (χ4n) is 2.65. The van der Waals surface area contributed by atoms with E-state index < -0.39 is 5.60 Å². The first kappa shape index (κ1) is 10.4. The molecule has 1 spiro atoms. The second kappa shape index (κ2) is 3.65. The number of anilines is 1. The number of rotatable bonds is 1. The zero-order valence-corrected chi connectivity index (χ0v) is 9.79. The molecule has 1 fully saturated rings. The molecule has 1 aliphatic heterocycles. The maximum atomic E-state index is 12.2. The zero-order chi connectivity index (χ0) is 11.9. The van der Waals surface area contributed by atoms with E-state index in [1.165, 1.54) is 0 Å². The van der Waals surface area contributed by atoms with Crippen molar-refractivity contribution in [1.82, 2.24) is 0 Å². The van der Waals surface area contributed by atoms with Gasteiger partial charge in [0.05, 0.1) is 7.11 Å². The largest absolute Gasteiger partial charge is 0.494 e. The van der Waals surface area contributed by atoms with Crippen LogP contribution in [0.15, 0.2) is 18.2 Å². The van der Waals surface area contributed by atoms with E-state index in [2.05, 4.69) is 5.32 Å². The molecule has 0 radical (unpaired) electrons. The highest BCUT2D eigenvalue weighted by Crippen LogP contribution is 2.45. The molecule has 3 rings (SSSR count). The standard InChI is InChI=1S/C13H15NO3/c1-16-9-5-4-6-10-11(9)14-12(15)13(17-10)7-2-3-8-13/h4-6H,2-3,7-8H2,1H3,(H,14,15). The summed E-state index contributed by atoms with van der Waals surface area (Å²) in [5, 5.41) is 2.92. The summed E-state index contributed by atoms with van der Waals surface area (Å²) in [6.07, 6.45) is 3.70. The number of fused-ring (bicyclic) bond motifs is 1. The minimum absolute atomic E-state index is 0.0352. The monoisotopic (exact) mass is 233 g/mol. The van der Waals surface area contributed by atoms with Gasteiger partial charge in [-0.25, -0.2) is 0 Å². The topological polar surface area (TPSA) is 47.6 Å². The van der Waals surface area contributed by atoms with Crippen LogP contribution in [0, 0.1) is 0 Å². The molecule has 1 heterocycles. The van der Waals surface area contributed by atoms with Crippen molar-refractivity contribution in [3.63, 3.8) is 0 Å². The van der Waals surface area contributed by atoms with E-state index in [0.717, 1.165) is 25.7 Å². The number of hydrogen-bond acceptors (Lipinski definition) is 3. The number of methoxy groups -OCH3 is 1. The molecule has 2 aliphatic rings. The van der Waals surface area contributed by atoms with Crippen LogP contribution in [0.1, 0.15) is 25.7 Å². The van der Waals surface area contributed by atoms with Crippen molar-refractivity contribution in [2.75, 3.05) is 12.4 Å². The van der Waals surface area contributed by atoms with Crippen LogP contribution in [0.3, 0.4) is 0 Å². The first-order valence-electron chi connectivity index (χ1n) is 5.93. The molecular formula is C13H15NO3. The van der Waals surface area contributed by atoms with E-state index in [-0.39, 0.29) is 5.91 Å². The second-order valence-corrected chi connectivity index (χ2v) is 4.59. The molecule has 0 aromatic heterocycles. The first-order chi connectivity index (χ1) is 8.25. The van der Waals surface area contributed by atoms with Gasteiger partial charge in [-0.05, 0) is 37.8 Å². The minimum Gasteiger partial charge on any atom is -0.494 e. The summed E-state index contributed by atoms with van der Waals surface area (Å²) in [5.41, 5.74) is 0.0110. The number of benzene rings is 1. The van der Waals surface area contributed by atoms with Crippen LogP contribution in [0.5, 0.6) is 11.5 Å². The number of amides is 1. The van der Waals surface area contributed by atoms with Crippen molar-refractivity contribution >= 4 is 11.6 Å². The van der Waals surface area contributed by atoms with Crippen LogP contribution in [-0.4, -0.2) is 18.6 Å². The Morgan fingerprint density at radius 3 is 2.82 bits per heavy atom. The van der Waals surface area contributed by atoms with Crippen molar-refractivity contribution in [2.45, 2.75) is 31.3 Å². The van der Waals surface area contributed by atoms with E-state index in [9.17, 15) is 4.79 Å². The van der Waals surface area contributed by atoms with Crippen molar-refractivity contribution in [1.29, 1.82) is 0 Å². The highest BCUT2D eigenvalue weighted by atomic mass is 16.5. The Morgan fingerprint density at radius 1 is 1.35 bits per heavy atom. The van der Waals surface area contributed by atoms with Crippen molar-refractivity contribution in [3.05, 3.63) is 18.2 Å². The Balaban J connectivity index is 2.03. The molecule has 0 saturated heterocycles. The summed E-state index contributed by atoms with van der Waals surface area (Å²) >= 11 is 0. The lowest BCUT2D eigenvalue weighted by atomic mass is 9.98. The first-order valence-corrected chi connectivity index (χ1v) is 5.93. The maximum Gasteiger partial charge on any atom is 0.268 e. The molecule has 4 nitrogen and oxygen atoms in total. The van der Waals surface area contributed by atoms with Crippen LogP contribution in [0.4, 0.5) is 5.69 Å². The summed E-state index contributed by atoms with van der Waals surface area (Å²) in [6.45, 7) is 0. The molecule has 0 unspecified atom stereocenters. The minimum atomic E-state index is -0.640. The molecule has 1 aromatic carbocycles. The third-order valence-corrected chi connectivity index (χ3v) is 3.58. The number of hydrogen-bond donors (Lipinski definition) is 1. The Hall–Kier alpha value is -1.71. The molecule has 1 saturated carbocycles. The third-order valence-electron chi connectivity index (χ3n) is 3.58. The van der Waals surface area contributed by atoms with Gasteiger partial charge in [0, 0.05) is 0 Å². The number of para-hydroxylation sites is 1. The van der Waals surface area contributed by atoms with Gasteiger partial charge in [0.25, 0.3) is 5.91 Å². The normalized spacial score (nSPS) is 20.6. The molecule has 0 atom stereocenters. The highest BCUT2D eigenvalue weighted by molar-refractivity contribution is 6.02. The van der Waals surface area contributed by atoms with Gasteiger partial charge in [-0.1, -0.05) is 6.07 Å². The molecule has 1 amide bonds. The molecule has 1 aliphatic carbocycles. The van der Waals surface area contributed by atoms with E-state index in [1.807, 2.05) is 18.2 Å². The van der Waals surface area contributed by atoms with Crippen molar-refractivity contribution in [3.8, 4) is 11.5 Å². The average Bonchev–Trinajstić information content (AvgIpc) is 2.80. The molecule has 90 valence electrons. The maximum absolute atomic E-state index is 12.2. The van der Waals surface area contributed by atoms with Gasteiger partial charge in [0.1, 0.15) is 17.2 Å². The number of nitrogens with one attached hydrogen (secondary N) is 1. The Morgan fingerprint density at radius 2 is 2.12 bits per heavy atom. The van der Waals surface area contributed by atoms with E-state index in [1.54, 1.807) is 7.11 Å². The van der Waals surface area contributed by atoms with E-state index >= 15 is 0 Å². The molecule has 17 heavy (non-hydrogen) atoms. The predicted molar refractivity (Wildman–Crippen MR) is 63.5 cm³/mol. The number of ether oxygens (including phenoxy) is 2. The van der Waals surface area contributed by atoms with Crippen molar-refractivity contribution < 1.29 is 14.3 Å². The Kier molecular flexibility index (Phi) is 2.24. The SMILES string of the molecule is COc1cccc2c1NC(=O)C1(CCCC1)O2. The van der Waals surface area contributed by atoms with Crippen LogP contribution in [0.25, 0.3) is 0 Å². The van der Waals surface area contributed by atoms with Gasteiger partial charge >= 0.3 is 0 Å². The van der Waals surface area contributed by atoms with Crippen LogP contribution in [0.2, 0.25) is 0 Å². The van der Waals surface area contributed by atoms with Gasteiger partial charge in [-0.2, -0.15) is 0 Å². The Bertz CT molecular complexity index is 464. The lowest BCUT2D eigenvalue weighted by Gasteiger charge is -2.34. The number of carbonyl (C=O) groups is 1.